The second kappa shape index (κ2) is 4.85. The van der Waals surface area contributed by atoms with E-state index in [4.69, 9.17) is 11.5 Å². The Balaban J connectivity index is 1.87. The van der Waals surface area contributed by atoms with E-state index in [0.717, 1.165) is 24.3 Å². The first kappa shape index (κ1) is 10.8. The van der Waals surface area contributed by atoms with Crippen LogP contribution in [0.5, 0.6) is 0 Å². The van der Waals surface area contributed by atoms with E-state index in [2.05, 4.69) is 15.7 Å². The van der Waals surface area contributed by atoms with E-state index in [1.54, 1.807) is 17.4 Å². The van der Waals surface area contributed by atoms with Gasteiger partial charge in [-0.2, -0.15) is 0 Å². The number of rotatable bonds is 4. The number of benzene rings is 1. The van der Waals surface area contributed by atoms with Gasteiger partial charge < -0.3 is 16.8 Å². The summed E-state index contributed by atoms with van der Waals surface area (Å²) in [6.07, 6.45) is 0.910. The average Bonchev–Trinajstić information content (AvgIpc) is 2.76. The Morgan fingerprint density at radius 3 is 2.81 bits per heavy atom. The number of nitrogens with two attached hydrogens (primary N) is 2. The number of thiazole rings is 1. The van der Waals surface area contributed by atoms with Gasteiger partial charge in [-0.15, -0.1) is 11.3 Å². The Morgan fingerprint density at radius 1 is 1.25 bits per heavy atom. The molecule has 0 saturated heterocycles. The van der Waals surface area contributed by atoms with Crippen molar-refractivity contribution in [1.29, 1.82) is 0 Å². The molecule has 4 nitrogen and oxygen atoms in total. The normalized spacial score (nSPS) is 10.2. The molecule has 0 saturated carbocycles. The van der Waals surface area contributed by atoms with Crippen molar-refractivity contribution >= 4 is 28.4 Å². The predicted molar refractivity (Wildman–Crippen MR) is 69.6 cm³/mol. The Labute approximate surface area is 98.3 Å². The molecule has 0 aliphatic carbocycles. The number of nitrogen functional groups attached to an aromatic ring is 2. The number of hydrogen-bond donors (Lipinski definition) is 3. The molecule has 0 aliphatic rings. The van der Waals surface area contributed by atoms with E-state index in [0.29, 0.717) is 11.4 Å². The van der Waals surface area contributed by atoms with Gasteiger partial charge >= 0.3 is 0 Å². The molecule has 1 aromatic carbocycles. The summed E-state index contributed by atoms with van der Waals surface area (Å²) in [5.74, 6) is 0. The number of hydrogen-bond acceptors (Lipinski definition) is 5. The summed E-state index contributed by atoms with van der Waals surface area (Å²) in [5, 5.41) is 5.33. The summed E-state index contributed by atoms with van der Waals surface area (Å²) in [6, 6.07) is 5.57. The monoisotopic (exact) mass is 234 g/mol. The minimum absolute atomic E-state index is 0.610. The summed E-state index contributed by atoms with van der Waals surface area (Å²) in [4.78, 5) is 4.21. The van der Waals surface area contributed by atoms with Crippen LogP contribution >= 0.6 is 11.3 Å². The van der Waals surface area contributed by atoms with E-state index in [1.807, 2.05) is 17.6 Å². The number of anilines is 3. The minimum atomic E-state index is 0.610. The maximum atomic E-state index is 5.71. The highest BCUT2D eigenvalue weighted by Gasteiger charge is 1.98. The molecule has 84 valence electrons. The Bertz CT molecular complexity index is 453. The van der Waals surface area contributed by atoms with Gasteiger partial charge in [-0.1, -0.05) is 0 Å². The van der Waals surface area contributed by atoms with Crippen molar-refractivity contribution in [2.75, 3.05) is 23.3 Å². The molecule has 16 heavy (non-hydrogen) atoms. The van der Waals surface area contributed by atoms with Gasteiger partial charge in [0.2, 0.25) is 0 Å². The molecule has 5 N–H and O–H groups in total. The molecule has 1 aromatic heterocycles. The lowest BCUT2D eigenvalue weighted by Gasteiger charge is -2.07. The molecule has 0 atom stereocenters. The number of nitrogens with one attached hydrogen (secondary N) is 1. The highest BCUT2D eigenvalue weighted by Crippen LogP contribution is 2.19. The van der Waals surface area contributed by atoms with Crippen molar-refractivity contribution in [1.82, 2.24) is 4.98 Å². The maximum Gasteiger partial charge on any atom is 0.0794 e. The lowest BCUT2D eigenvalue weighted by atomic mass is 10.2. The van der Waals surface area contributed by atoms with E-state index in [-0.39, 0.29) is 0 Å². The molecular formula is C11H14N4S. The molecule has 1 heterocycles. The Hall–Kier alpha value is -1.75. The summed E-state index contributed by atoms with van der Waals surface area (Å²) in [6.45, 7) is 0.840. The third kappa shape index (κ3) is 2.64. The minimum Gasteiger partial charge on any atom is -0.397 e. The fourth-order valence-electron chi connectivity index (χ4n) is 1.38. The van der Waals surface area contributed by atoms with Crippen LogP contribution < -0.4 is 16.8 Å². The second-order valence-corrected chi connectivity index (χ2v) is 4.22. The third-order valence-electron chi connectivity index (χ3n) is 2.28. The fraction of sp³-hybridized carbons (Fsp3) is 0.182. The second-order valence-electron chi connectivity index (χ2n) is 3.50. The SMILES string of the molecule is Nc1ccc(NCCc2cscn2)cc1N. The lowest BCUT2D eigenvalue weighted by molar-refractivity contribution is 0.977. The van der Waals surface area contributed by atoms with Gasteiger partial charge in [-0.25, -0.2) is 4.98 Å². The smallest absolute Gasteiger partial charge is 0.0794 e. The molecule has 0 unspecified atom stereocenters. The Kier molecular flexibility index (Phi) is 3.26. The van der Waals surface area contributed by atoms with Gasteiger partial charge in [0.05, 0.1) is 22.6 Å². The van der Waals surface area contributed by atoms with Gasteiger partial charge in [0.25, 0.3) is 0 Å². The average molecular weight is 234 g/mol. The van der Waals surface area contributed by atoms with Gasteiger partial charge in [-0.05, 0) is 18.2 Å². The van der Waals surface area contributed by atoms with E-state index in [1.165, 1.54) is 0 Å². The number of aromatic nitrogens is 1. The summed E-state index contributed by atoms with van der Waals surface area (Å²) in [7, 11) is 0. The lowest BCUT2D eigenvalue weighted by Crippen LogP contribution is -2.05. The van der Waals surface area contributed by atoms with Crippen molar-refractivity contribution < 1.29 is 0 Å². The molecular weight excluding hydrogens is 220 g/mol. The van der Waals surface area contributed by atoms with Crippen LogP contribution in [0.15, 0.2) is 29.1 Å². The quantitative estimate of drug-likeness (QED) is 0.707. The zero-order chi connectivity index (χ0) is 11.4. The van der Waals surface area contributed by atoms with E-state index >= 15 is 0 Å². The molecule has 0 bridgehead atoms. The highest BCUT2D eigenvalue weighted by atomic mass is 32.1. The summed E-state index contributed by atoms with van der Waals surface area (Å²) < 4.78 is 0. The van der Waals surface area contributed by atoms with Crippen molar-refractivity contribution in [2.24, 2.45) is 0 Å². The van der Waals surface area contributed by atoms with E-state index in [9.17, 15) is 0 Å². The molecule has 0 fully saturated rings. The van der Waals surface area contributed by atoms with Crippen LogP contribution in [0.4, 0.5) is 17.1 Å². The van der Waals surface area contributed by atoms with Crippen LogP contribution in [0.1, 0.15) is 5.69 Å². The van der Waals surface area contributed by atoms with Crippen LogP contribution in [-0.2, 0) is 6.42 Å². The van der Waals surface area contributed by atoms with Crippen LogP contribution in [0.3, 0.4) is 0 Å². The van der Waals surface area contributed by atoms with Crippen LogP contribution in [0.25, 0.3) is 0 Å². The first-order valence-electron chi connectivity index (χ1n) is 5.01. The van der Waals surface area contributed by atoms with Gasteiger partial charge in [0.1, 0.15) is 0 Å². The molecule has 0 spiro atoms. The van der Waals surface area contributed by atoms with Gasteiger partial charge in [0, 0.05) is 24.0 Å². The summed E-state index contributed by atoms with van der Waals surface area (Å²) >= 11 is 1.61. The first-order chi connectivity index (χ1) is 7.75. The van der Waals surface area contributed by atoms with Gasteiger partial charge in [-0.3, -0.25) is 0 Å². The largest absolute Gasteiger partial charge is 0.397 e. The first-order valence-corrected chi connectivity index (χ1v) is 5.96. The highest BCUT2D eigenvalue weighted by molar-refractivity contribution is 7.07. The van der Waals surface area contributed by atoms with Crippen molar-refractivity contribution in [3.63, 3.8) is 0 Å². The summed E-state index contributed by atoms with van der Waals surface area (Å²) in [5.41, 5.74) is 16.5. The van der Waals surface area contributed by atoms with Gasteiger partial charge in [0.15, 0.2) is 0 Å². The zero-order valence-corrected chi connectivity index (χ0v) is 9.63. The predicted octanol–water partition coefficient (Wildman–Crippen LogP) is 1.96. The maximum absolute atomic E-state index is 5.71. The van der Waals surface area contributed by atoms with E-state index < -0.39 is 0 Å². The van der Waals surface area contributed by atoms with Crippen molar-refractivity contribution in [3.05, 3.63) is 34.8 Å². The van der Waals surface area contributed by atoms with Crippen LogP contribution in [0, 0.1) is 0 Å². The molecule has 5 heteroatoms. The topological polar surface area (TPSA) is 77.0 Å². The van der Waals surface area contributed by atoms with Crippen LogP contribution in [0.2, 0.25) is 0 Å². The standard InChI is InChI=1S/C11H14N4S/c12-10-2-1-8(5-11(10)13)14-4-3-9-6-16-7-15-9/h1-2,5-7,14H,3-4,12-13H2. The third-order valence-corrected chi connectivity index (χ3v) is 2.92. The van der Waals surface area contributed by atoms with Crippen molar-refractivity contribution in [2.45, 2.75) is 6.42 Å². The fourth-order valence-corrected chi connectivity index (χ4v) is 1.97. The molecule has 0 amide bonds. The van der Waals surface area contributed by atoms with Crippen LogP contribution in [-0.4, -0.2) is 11.5 Å². The molecule has 0 aliphatic heterocycles. The molecule has 0 radical (unpaired) electrons. The Morgan fingerprint density at radius 2 is 2.12 bits per heavy atom. The molecule has 2 rings (SSSR count). The molecule has 2 aromatic rings. The zero-order valence-electron chi connectivity index (χ0n) is 8.81. The van der Waals surface area contributed by atoms with Crippen molar-refractivity contribution in [3.8, 4) is 0 Å². The number of nitrogens with zero attached hydrogens (tertiary/aromatic N) is 1.